The molecule has 7 heteroatoms. The van der Waals surface area contributed by atoms with Gasteiger partial charge in [-0.15, -0.1) is 0 Å². The van der Waals surface area contributed by atoms with E-state index in [1.807, 2.05) is 0 Å². The highest BCUT2D eigenvalue weighted by atomic mass is 35.5. The van der Waals surface area contributed by atoms with Gasteiger partial charge >= 0.3 is 0 Å². The first kappa shape index (κ1) is 16.9. The highest BCUT2D eigenvalue weighted by Crippen LogP contribution is 2.31. The second kappa shape index (κ2) is 5.71. The monoisotopic (exact) mass is 319 g/mol. The minimum Gasteiger partial charge on any atom is -0.274 e. The Hall–Kier alpha value is -1.11. The van der Waals surface area contributed by atoms with Gasteiger partial charge in [-0.2, -0.15) is 0 Å². The Morgan fingerprint density at radius 2 is 1.85 bits per heavy atom. The standard InChI is InChI=1S/C13H18ClNO4S/c1-13(2,3)20(17,18)11-8-9(6-7-10(11)14)12(16)15(4)19-5/h6-8H,1-5H3. The first-order chi connectivity index (χ1) is 9.02. The van der Waals surface area contributed by atoms with E-state index in [0.717, 1.165) is 5.06 Å². The molecule has 0 radical (unpaired) electrons. The summed E-state index contributed by atoms with van der Waals surface area (Å²) in [7, 11) is -0.852. The van der Waals surface area contributed by atoms with Gasteiger partial charge in [-0.25, -0.2) is 13.5 Å². The highest BCUT2D eigenvalue weighted by molar-refractivity contribution is 7.92. The van der Waals surface area contributed by atoms with Gasteiger partial charge < -0.3 is 0 Å². The van der Waals surface area contributed by atoms with Crippen LogP contribution in [0.5, 0.6) is 0 Å². The van der Waals surface area contributed by atoms with Gasteiger partial charge in [0.25, 0.3) is 5.91 Å². The first-order valence-corrected chi connectivity index (χ1v) is 7.75. The topological polar surface area (TPSA) is 63.7 Å². The molecule has 0 spiro atoms. The van der Waals surface area contributed by atoms with Crippen LogP contribution >= 0.6 is 11.6 Å². The van der Waals surface area contributed by atoms with Crippen molar-refractivity contribution in [3.8, 4) is 0 Å². The number of amides is 1. The summed E-state index contributed by atoms with van der Waals surface area (Å²) in [5, 5.41) is 1.10. The molecule has 0 unspecified atom stereocenters. The van der Waals surface area contributed by atoms with Crippen LogP contribution in [0.2, 0.25) is 5.02 Å². The molecule has 0 N–H and O–H groups in total. The summed E-state index contributed by atoms with van der Waals surface area (Å²) in [5.41, 5.74) is 0.196. The number of nitrogens with zero attached hydrogens (tertiary/aromatic N) is 1. The van der Waals surface area contributed by atoms with E-state index in [9.17, 15) is 13.2 Å². The molecule has 0 fully saturated rings. The third kappa shape index (κ3) is 3.13. The van der Waals surface area contributed by atoms with Crippen molar-refractivity contribution in [2.75, 3.05) is 14.2 Å². The maximum Gasteiger partial charge on any atom is 0.277 e. The SMILES string of the molecule is CON(C)C(=O)c1ccc(Cl)c(S(=O)(=O)C(C)(C)C)c1. The molecule has 1 rings (SSSR count). The molecule has 0 heterocycles. The predicted molar refractivity (Wildman–Crippen MR) is 77.5 cm³/mol. The molecule has 1 aromatic carbocycles. The maximum absolute atomic E-state index is 12.4. The van der Waals surface area contributed by atoms with Crippen molar-refractivity contribution in [1.29, 1.82) is 0 Å². The number of sulfone groups is 1. The quantitative estimate of drug-likeness (QED) is 0.803. The van der Waals surface area contributed by atoms with Crippen LogP contribution in [0.25, 0.3) is 0 Å². The molecule has 0 saturated heterocycles. The minimum atomic E-state index is -3.64. The number of benzene rings is 1. The molecule has 0 saturated carbocycles. The lowest BCUT2D eigenvalue weighted by Crippen LogP contribution is -2.29. The van der Waals surface area contributed by atoms with Gasteiger partial charge in [-0.3, -0.25) is 9.63 Å². The van der Waals surface area contributed by atoms with Crippen LogP contribution < -0.4 is 0 Å². The van der Waals surface area contributed by atoms with Crippen LogP contribution in [0.15, 0.2) is 23.1 Å². The highest BCUT2D eigenvalue weighted by Gasteiger charge is 2.33. The molecule has 0 aromatic heterocycles. The predicted octanol–water partition coefficient (Wildman–Crippen LogP) is 2.55. The minimum absolute atomic E-state index is 0.0537. The second-order valence-electron chi connectivity index (χ2n) is 5.25. The zero-order chi connectivity index (χ0) is 15.7. The number of rotatable bonds is 3. The first-order valence-electron chi connectivity index (χ1n) is 5.88. The zero-order valence-electron chi connectivity index (χ0n) is 12.1. The summed E-state index contributed by atoms with van der Waals surface area (Å²) >= 11 is 5.97. The summed E-state index contributed by atoms with van der Waals surface area (Å²) in [6.07, 6.45) is 0. The van der Waals surface area contributed by atoms with Gasteiger partial charge in [0, 0.05) is 12.6 Å². The van der Waals surface area contributed by atoms with Crippen LogP contribution in [-0.4, -0.2) is 38.3 Å². The van der Waals surface area contributed by atoms with Gasteiger partial charge in [0.15, 0.2) is 9.84 Å². The molecule has 20 heavy (non-hydrogen) atoms. The summed E-state index contributed by atoms with van der Waals surface area (Å²) in [4.78, 5) is 16.7. The van der Waals surface area contributed by atoms with E-state index in [1.165, 1.54) is 32.4 Å². The lowest BCUT2D eigenvalue weighted by molar-refractivity contribution is -0.0757. The van der Waals surface area contributed by atoms with E-state index in [-0.39, 0.29) is 15.5 Å². The third-order valence-electron chi connectivity index (χ3n) is 2.83. The van der Waals surface area contributed by atoms with Crippen molar-refractivity contribution in [1.82, 2.24) is 5.06 Å². The normalized spacial score (nSPS) is 12.3. The van der Waals surface area contributed by atoms with E-state index in [2.05, 4.69) is 0 Å². The fourth-order valence-corrected chi connectivity index (χ4v) is 3.13. The fourth-order valence-electron chi connectivity index (χ4n) is 1.44. The molecule has 1 aromatic rings. The Balaban J connectivity index is 3.41. The summed E-state index contributed by atoms with van der Waals surface area (Å²) in [5.74, 6) is -0.450. The number of hydrogen-bond donors (Lipinski definition) is 0. The van der Waals surface area contributed by atoms with Crippen molar-refractivity contribution < 1.29 is 18.0 Å². The van der Waals surface area contributed by atoms with E-state index >= 15 is 0 Å². The Kier molecular flexibility index (Phi) is 4.84. The second-order valence-corrected chi connectivity index (χ2v) is 8.32. The molecule has 0 bridgehead atoms. The number of hydroxylamine groups is 2. The van der Waals surface area contributed by atoms with Crippen LogP contribution in [0.4, 0.5) is 0 Å². The molecule has 1 amide bonds. The van der Waals surface area contributed by atoms with Crippen molar-refractivity contribution in [2.45, 2.75) is 30.4 Å². The molecule has 0 aliphatic heterocycles. The van der Waals surface area contributed by atoms with Gasteiger partial charge in [0.05, 0.1) is 21.8 Å². The fraction of sp³-hybridized carbons (Fsp3) is 0.462. The molecule has 5 nitrogen and oxygen atoms in total. The van der Waals surface area contributed by atoms with Crippen LogP contribution in [0.1, 0.15) is 31.1 Å². The number of halogens is 1. The average Bonchev–Trinajstić information content (AvgIpc) is 2.36. The summed E-state index contributed by atoms with van der Waals surface area (Å²) in [6, 6.07) is 4.14. The summed E-state index contributed by atoms with van der Waals surface area (Å²) in [6.45, 7) is 4.73. The van der Waals surface area contributed by atoms with Crippen molar-refractivity contribution in [3.05, 3.63) is 28.8 Å². The van der Waals surface area contributed by atoms with Crippen LogP contribution in [-0.2, 0) is 14.7 Å². The van der Waals surface area contributed by atoms with Gasteiger partial charge in [-0.1, -0.05) is 11.6 Å². The molecule has 0 atom stereocenters. The molecular formula is C13H18ClNO4S. The molecule has 0 aliphatic carbocycles. The van der Waals surface area contributed by atoms with Gasteiger partial charge in [-0.05, 0) is 39.0 Å². The van der Waals surface area contributed by atoms with Crippen LogP contribution in [0.3, 0.4) is 0 Å². The van der Waals surface area contributed by atoms with E-state index in [1.54, 1.807) is 20.8 Å². The molecular weight excluding hydrogens is 302 g/mol. The Morgan fingerprint density at radius 1 is 1.30 bits per heavy atom. The lowest BCUT2D eigenvalue weighted by atomic mass is 10.2. The van der Waals surface area contributed by atoms with Crippen molar-refractivity contribution in [3.63, 3.8) is 0 Å². The van der Waals surface area contributed by atoms with Crippen molar-refractivity contribution in [2.24, 2.45) is 0 Å². The maximum atomic E-state index is 12.4. The largest absolute Gasteiger partial charge is 0.277 e. The molecule has 112 valence electrons. The van der Waals surface area contributed by atoms with Gasteiger partial charge in [0.1, 0.15) is 0 Å². The van der Waals surface area contributed by atoms with Crippen LogP contribution in [0, 0.1) is 0 Å². The Bertz CT molecular complexity index is 620. The molecule has 0 aliphatic rings. The average molecular weight is 320 g/mol. The zero-order valence-corrected chi connectivity index (χ0v) is 13.7. The lowest BCUT2D eigenvalue weighted by Gasteiger charge is -2.21. The van der Waals surface area contributed by atoms with E-state index in [4.69, 9.17) is 16.4 Å². The number of carbonyl (C=O) groups is 1. The Labute approximate surface area is 124 Å². The Morgan fingerprint density at radius 3 is 2.30 bits per heavy atom. The smallest absolute Gasteiger partial charge is 0.274 e. The number of hydrogen-bond acceptors (Lipinski definition) is 4. The third-order valence-corrected chi connectivity index (χ3v) is 5.80. The number of carbonyl (C=O) groups excluding carboxylic acids is 1. The summed E-state index contributed by atoms with van der Waals surface area (Å²) < 4.78 is 23.9. The van der Waals surface area contributed by atoms with E-state index in [0.29, 0.717) is 0 Å². The van der Waals surface area contributed by atoms with E-state index < -0.39 is 20.5 Å². The van der Waals surface area contributed by atoms with Crippen molar-refractivity contribution >= 4 is 27.3 Å². The van der Waals surface area contributed by atoms with Gasteiger partial charge in [0.2, 0.25) is 0 Å².